The van der Waals surface area contributed by atoms with Gasteiger partial charge in [-0.05, 0) is 47.2 Å². The number of benzene rings is 2. The number of ether oxygens (including phenoxy) is 1. The van der Waals surface area contributed by atoms with Crippen molar-refractivity contribution in [2.75, 3.05) is 6.26 Å². The van der Waals surface area contributed by atoms with Crippen LogP contribution in [0.4, 0.5) is 0 Å². The molecule has 0 saturated heterocycles. The third-order valence-corrected chi connectivity index (χ3v) is 4.72. The van der Waals surface area contributed by atoms with E-state index in [9.17, 15) is 13.2 Å². The highest BCUT2D eigenvalue weighted by molar-refractivity contribution is 7.89. The molecule has 0 aliphatic carbocycles. The minimum Gasteiger partial charge on any atom is -0.423 e. The molecule has 0 amide bonds. The summed E-state index contributed by atoms with van der Waals surface area (Å²) in [6, 6.07) is 12.2. The molecule has 2 aromatic carbocycles. The lowest BCUT2D eigenvalue weighted by Crippen LogP contribution is -2.13. The Morgan fingerprint density at radius 3 is 2.12 bits per heavy atom. The van der Waals surface area contributed by atoms with Crippen LogP contribution in [0.2, 0.25) is 0 Å². The molecule has 2 aromatic rings. The summed E-state index contributed by atoms with van der Waals surface area (Å²) in [7, 11) is -3.10. The van der Waals surface area contributed by atoms with Gasteiger partial charge in [-0.15, -0.1) is 0 Å². The van der Waals surface area contributed by atoms with Crippen LogP contribution in [-0.2, 0) is 21.0 Å². The first-order valence-corrected chi connectivity index (χ1v) is 10.1. The van der Waals surface area contributed by atoms with E-state index < -0.39 is 15.8 Å². The number of esters is 1. The fraction of sp³-hybridized carbons (Fsp3) is 0.350. The largest absolute Gasteiger partial charge is 0.423 e. The van der Waals surface area contributed by atoms with Crippen molar-refractivity contribution in [3.63, 3.8) is 0 Å². The maximum absolute atomic E-state index is 12.3. The van der Waals surface area contributed by atoms with Crippen molar-refractivity contribution in [3.05, 3.63) is 64.7 Å². The van der Waals surface area contributed by atoms with E-state index in [2.05, 4.69) is 20.8 Å². The molecular weight excluding hydrogens is 336 g/mol. The van der Waals surface area contributed by atoms with E-state index in [1.54, 1.807) is 24.3 Å². The number of carbonyl (C=O) groups excluding carboxylic acids is 1. The SMILES string of the molecule is Cc1cc(C(C)(C)C)ccc1OC(=O)c1ccc(CS(C)(=O)=O)cc1. The summed E-state index contributed by atoms with van der Waals surface area (Å²) in [6.07, 6.45) is 1.18. The smallest absolute Gasteiger partial charge is 0.343 e. The van der Waals surface area contributed by atoms with Crippen molar-refractivity contribution >= 4 is 15.8 Å². The molecular formula is C20H24O4S. The van der Waals surface area contributed by atoms with Crippen LogP contribution in [0.15, 0.2) is 42.5 Å². The summed E-state index contributed by atoms with van der Waals surface area (Å²) in [6.45, 7) is 8.30. The van der Waals surface area contributed by atoms with Gasteiger partial charge in [0.25, 0.3) is 0 Å². The lowest BCUT2D eigenvalue weighted by molar-refractivity contribution is 0.0733. The predicted octanol–water partition coefficient (Wildman–Crippen LogP) is 4.06. The van der Waals surface area contributed by atoms with Crippen LogP contribution in [0, 0.1) is 6.92 Å². The van der Waals surface area contributed by atoms with E-state index in [1.165, 1.54) is 11.8 Å². The number of carbonyl (C=O) groups is 1. The molecule has 0 aromatic heterocycles. The van der Waals surface area contributed by atoms with Crippen LogP contribution in [0.1, 0.15) is 47.8 Å². The normalized spacial score (nSPS) is 12.0. The third kappa shape index (κ3) is 5.43. The molecule has 134 valence electrons. The van der Waals surface area contributed by atoms with Crippen molar-refractivity contribution in [2.45, 2.75) is 38.9 Å². The van der Waals surface area contributed by atoms with Crippen LogP contribution in [0.3, 0.4) is 0 Å². The van der Waals surface area contributed by atoms with Crippen molar-refractivity contribution in [3.8, 4) is 5.75 Å². The number of sulfone groups is 1. The molecule has 0 atom stereocenters. The summed E-state index contributed by atoms with van der Waals surface area (Å²) < 4.78 is 28.1. The van der Waals surface area contributed by atoms with Crippen LogP contribution < -0.4 is 4.74 Å². The second-order valence-electron chi connectivity index (χ2n) is 7.39. The fourth-order valence-electron chi connectivity index (χ4n) is 2.43. The summed E-state index contributed by atoms with van der Waals surface area (Å²) in [5.74, 6) is 0.0196. The van der Waals surface area contributed by atoms with Gasteiger partial charge in [0, 0.05) is 6.26 Å². The predicted molar refractivity (Wildman–Crippen MR) is 99.8 cm³/mol. The molecule has 2 rings (SSSR count). The Hall–Kier alpha value is -2.14. The molecule has 5 heteroatoms. The van der Waals surface area contributed by atoms with E-state index in [0.29, 0.717) is 16.9 Å². The molecule has 0 N–H and O–H groups in total. The summed E-state index contributed by atoms with van der Waals surface area (Å²) >= 11 is 0. The second kappa shape index (κ2) is 7.00. The Balaban J connectivity index is 2.14. The molecule has 0 heterocycles. The zero-order chi connectivity index (χ0) is 18.8. The number of hydrogen-bond donors (Lipinski definition) is 0. The highest BCUT2D eigenvalue weighted by Crippen LogP contribution is 2.28. The Morgan fingerprint density at radius 2 is 1.64 bits per heavy atom. The first-order valence-electron chi connectivity index (χ1n) is 8.06. The van der Waals surface area contributed by atoms with Crippen molar-refractivity contribution in [1.29, 1.82) is 0 Å². The summed E-state index contributed by atoms with van der Waals surface area (Å²) in [5, 5.41) is 0. The second-order valence-corrected chi connectivity index (χ2v) is 9.53. The average Bonchev–Trinajstić information content (AvgIpc) is 2.47. The first-order chi connectivity index (χ1) is 11.5. The molecule has 0 bridgehead atoms. The maximum Gasteiger partial charge on any atom is 0.343 e. The highest BCUT2D eigenvalue weighted by Gasteiger charge is 2.16. The van der Waals surface area contributed by atoms with Gasteiger partial charge in [0.05, 0.1) is 11.3 Å². The topological polar surface area (TPSA) is 60.4 Å². The molecule has 0 aliphatic rings. The zero-order valence-electron chi connectivity index (χ0n) is 15.3. The Morgan fingerprint density at radius 1 is 1.04 bits per heavy atom. The number of aryl methyl sites for hydroxylation is 1. The summed E-state index contributed by atoms with van der Waals surface area (Å²) in [4.78, 5) is 12.3. The quantitative estimate of drug-likeness (QED) is 0.609. The Kier molecular flexibility index (Phi) is 5.37. The number of hydrogen-bond acceptors (Lipinski definition) is 4. The van der Waals surface area contributed by atoms with Crippen LogP contribution in [0.25, 0.3) is 0 Å². The summed E-state index contributed by atoms with van der Waals surface area (Å²) in [5.41, 5.74) is 3.13. The van der Waals surface area contributed by atoms with Gasteiger partial charge in [-0.1, -0.05) is 45.0 Å². The van der Waals surface area contributed by atoms with Crippen molar-refractivity contribution in [1.82, 2.24) is 0 Å². The Labute approximate surface area is 149 Å². The minimum absolute atomic E-state index is 0.0305. The lowest BCUT2D eigenvalue weighted by Gasteiger charge is -2.20. The minimum atomic E-state index is -3.10. The van der Waals surface area contributed by atoms with Gasteiger partial charge in [-0.3, -0.25) is 0 Å². The lowest BCUT2D eigenvalue weighted by atomic mass is 9.86. The molecule has 0 fully saturated rings. The van der Waals surface area contributed by atoms with Crippen LogP contribution in [-0.4, -0.2) is 20.6 Å². The highest BCUT2D eigenvalue weighted by atomic mass is 32.2. The molecule has 0 radical (unpaired) electrons. The van der Waals surface area contributed by atoms with Gasteiger partial charge >= 0.3 is 5.97 Å². The number of rotatable bonds is 4. The molecule has 0 aliphatic heterocycles. The molecule has 0 saturated carbocycles. The van der Waals surface area contributed by atoms with Crippen LogP contribution >= 0.6 is 0 Å². The Bertz CT molecular complexity index is 873. The molecule has 25 heavy (non-hydrogen) atoms. The van der Waals surface area contributed by atoms with Gasteiger partial charge < -0.3 is 4.74 Å². The van der Waals surface area contributed by atoms with Gasteiger partial charge in [0.15, 0.2) is 9.84 Å². The van der Waals surface area contributed by atoms with Gasteiger partial charge in [0.2, 0.25) is 0 Å². The van der Waals surface area contributed by atoms with E-state index >= 15 is 0 Å². The standard InChI is InChI=1S/C20H24O4S/c1-14-12-17(20(2,3)4)10-11-18(14)24-19(21)16-8-6-15(7-9-16)13-25(5,22)23/h6-12H,13H2,1-5H3. The average molecular weight is 360 g/mol. The zero-order valence-corrected chi connectivity index (χ0v) is 16.1. The molecule has 4 nitrogen and oxygen atoms in total. The van der Waals surface area contributed by atoms with E-state index in [0.717, 1.165) is 5.56 Å². The van der Waals surface area contributed by atoms with E-state index in [1.807, 2.05) is 25.1 Å². The van der Waals surface area contributed by atoms with Gasteiger partial charge in [0.1, 0.15) is 5.75 Å². The third-order valence-electron chi connectivity index (χ3n) is 3.86. The van der Waals surface area contributed by atoms with Crippen molar-refractivity contribution < 1.29 is 17.9 Å². The van der Waals surface area contributed by atoms with E-state index in [4.69, 9.17) is 4.74 Å². The first kappa shape index (κ1) is 19.2. The molecule has 0 spiro atoms. The maximum atomic E-state index is 12.3. The molecule has 0 unspecified atom stereocenters. The fourth-order valence-corrected chi connectivity index (χ4v) is 3.23. The van der Waals surface area contributed by atoms with Gasteiger partial charge in [-0.25, -0.2) is 13.2 Å². The van der Waals surface area contributed by atoms with Crippen molar-refractivity contribution in [2.24, 2.45) is 0 Å². The van der Waals surface area contributed by atoms with Crippen LogP contribution in [0.5, 0.6) is 5.75 Å². The van der Waals surface area contributed by atoms with Gasteiger partial charge in [-0.2, -0.15) is 0 Å². The monoisotopic (exact) mass is 360 g/mol. The van der Waals surface area contributed by atoms with E-state index in [-0.39, 0.29) is 11.2 Å².